The van der Waals surface area contributed by atoms with Crippen LogP contribution < -0.4 is 5.32 Å². The fourth-order valence-electron chi connectivity index (χ4n) is 2.36. The lowest BCUT2D eigenvalue weighted by Crippen LogP contribution is -2.44. The van der Waals surface area contributed by atoms with E-state index in [1.165, 1.54) is 0 Å². The minimum Gasteiger partial charge on any atom is -0.450 e. The molecule has 1 amide bonds. The van der Waals surface area contributed by atoms with E-state index in [1.54, 1.807) is 9.58 Å². The summed E-state index contributed by atoms with van der Waals surface area (Å²) in [6.07, 6.45) is 3.42. The second kappa shape index (κ2) is 7.94. The second-order valence-electron chi connectivity index (χ2n) is 5.04. The van der Waals surface area contributed by atoms with E-state index in [0.29, 0.717) is 38.8 Å². The Morgan fingerprint density at radius 1 is 1.52 bits per heavy atom. The summed E-state index contributed by atoms with van der Waals surface area (Å²) in [5.41, 5.74) is 0.858. The number of amides is 1. The number of nitrogens with zero attached hydrogens (tertiary/aromatic N) is 4. The Kier molecular flexibility index (Phi) is 5.94. The number of hydrogen-bond acceptors (Lipinski definition) is 6. The Balaban J connectivity index is 1.69. The van der Waals surface area contributed by atoms with Crippen LogP contribution in [0, 0.1) is 0 Å². The van der Waals surface area contributed by atoms with Gasteiger partial charge < -0.3 is 20.1 Å². The number of likely N-dealkylation sites (tertiary alicyclic amines) is 1. The molecule has 1 aromatic rings. The molecule has 1 aromatic heterocycles. The minimum atomic E-state index is -0.220. The maximum absolute atomic E-state index is 11.6. The summed E-state index contributed by atoms with van der Waals surface area (Å²) in [5.74, 6) is 0. The topological polar surface area (TPSA) is 92.5 Å². The lowest BCUT2D eigenvalue weighted by Gasteiger charge is -2.31. The second-order valence-corrected chi connectivity index (χ2v) is 5.04. The Morgan fingerprint density at radius 3 is 2.95 bits per heavy atom. The van der Waals surface area contributed by atoms with Crippen LogP contribution in [0.1, 0.15) is 25.5 Å². The summed E-state index contributed by atoms with van der Waals surface area (Å²) in [5, 5.41) is 20.2. The molecule has 1 aliphatic rings. The van der Waals surface area contributed by atoms with Gasteiger partial charge in [-0.25, -0.2) is 9.48 Å². The number of ether oxygens (including phenoxy) is 1. The van der Waals surface area contributed by atoms with Crippen molar-refractivity contribution in [1.82, 2.24) is 25.2 Å². The lowest BCUT2D eigenvalue weighted by molar-refractivity contribution is 0.0949. The first-order chi connectivity index (χ1) is 10.2. The molecule has 1 aliphatic heterocycles. The highest BCUT2D eigenvalue weighted by Crippen LogP contribution is 2.12. The molecule has 118 valence electrons. The van der Waals surface area contributed by atoms with Crippen molar-refractivity contribution >= 4 is 6.09 Å². The van der Waals surface area contributed by atoms with E-state index in [-0.39, 0.29) is 12.7 Å². The van der Waals surface area contributed by atoms with Gasteiger partial charge >= 0.3 is 6.09 Å². The van der Waals surface area contributed by atoms with Gasteiger partial charge in [-0.3, -0.25) is 0 Å². The Bertz CT molecular complexity index is 443. The summed E-state index contributed by atoms with van der Waals surface area (Å²) < 4.78 is 6.62. The van der Waals surface area contributed by atoms with Gasteiger partial charge in [0.15, 0.2) is 0 Å². The number of aromatic nitrogens is 3. The van der Waals surface area contributed by atoms with Gasteiger partial charge in [0.1, 0.15) is 0 Å². The van der Waals surface area contributed by atoms with E-state index in [4.69, 9.17) is 9.84 Å². The highest BCUT2D eigenvalue weighted by Gasteiger charge is 2.23. The van der Waals surface area contributed by atoms with Crippen molar-refractivity contribution in [3.63, 3.8) is 0 Å². The fraction of sp³-hybridized carbons (Fsp3) is 0.769. The van der Waals surface area contributed by atoms with E-state index in [9.17, 15) is 4.79 Å². The third kappa shape index (κ3) is 4.68. The number of carbonyl (C=O) groups is 1. The first kappa shape index (κ1) is 15.7. The number of nitrogens with one attached hydrogen (secondary N) is 1. The number of rotatable bonds is 6. The SMILES string of the molecule is CCOC(=O)N1CCC(NCc2cn(CCO)nn2)CC1. The van der Waals surface area contributed by atoms with Crippen LogP contribution in [-0.4, -0.2) is 63.4 Å². The van der Waals surface area contributed by atoms with Gasteiger partial charge in [-0.2, -0.15) is 0 Å². The Morgan fingerprint density at radius 2 is 2.29 bits per heavy atom. The van der Waals surface area contributed by atoms with Crippen LogP contribution >= 0.6 is 0 Å². The maximum Gasteiger partial charge on any atom is 0.409 e. The van der Waals surface area contributed by atoms with Crippen LogP contribution in [0.4, 0.5) is 4.79 Å². The molecule has 0 aliphatic carbocycles. The summed E-state index contributed by atoms with van der Waals surface area (Å²) in [4.78, 5) is 13.3. The average Bonchev–Trinajstić information content (AvgIpc) is 2.94. The van der Waals surface area contributed by atoms with Crippen LogP contribution in [0.3, 0.4) is 0 Å². The standard InChI is InChI=1S/C13H23N5O3/c1-2-21-13(20)17-5-3-11(4-6-17)14-9-12-10-18(7-8-19)16-15-12/h10-11,14,19H,2-9H2,1H3. The van der Waals surface area contributed by atoms with Gasteiger partial charge in [0, 0.05) is 31.9 Å². The number of aliphatic hydroxyl groups excluding tert-OH is 1. The molecule has 2 heterocycles. The predicted octanol–water partition coefficient (Wildman–Crippen LogP) is -0.0191. The predicted molar refractivity (Wildman–Crippen MR) is 75.6 cm³/mol. The van der Waals surface area contributed by atoms with Gasteiger partial charge in [-0.1, -0.05) is 5.21 Å². The molecule has 0 unspecified atom stereocenters. The van der Waals surface area contributed by atoms with Crippen molar-refractivity contribution in [2.75, 3.05) is 26.3 Å². The zero-order valence-corrected chi connectivity index (χ0v) is 12.4. The summed E-state index contributed by atoms with van der Waals surface area (Å²) in [7, 11) is 0. The first-order valence-electron chi connectivity index (χ1n) is 7.38. The largest absolute Gasteiger partial charge is 0.450 e. The summed E-state index contributed by atoms with van der Waals surface area (Å²) in [6, 6.07) is 0.374. The Labute approximate surface area is 124 Å². The van der Waals surface area contributed by atoms with Crippen LogP contribution in [0.5, 0.6) is 0 Å². The highest BCUT2D eigenvalue weighted by molar-refractivity contribution is 5.67. The van der Waals surface area contributed by atoms with Crippen molar-refractivity contribution in [3.8, 4) is 0 Å². The fourth-order valence-corrected chi connectivity index (χ4v) is 2.36. The number of carbonyl (C=O) groups excluding carboxylic acids is 1. The first-order valence-corrected chi connectivity index (χ1v) is 7.38. The molecule has 0 bridgehead atoms. The lowest BCUT2D eigenvalue weighted by atomic mass is 10.1. The quantitative estimate of drug-likeness (QED) is 0.766. The van der Waals surface area contributed by atoms with Crippen molar-refractivity contribution in [2.45, 2.75) is 38.9 Å². The molecule has 0 saturated carbocycles. The molecule has 8 nitrogen and oxygen atoms in total. The maximum atomic E-state index is 11.6. The summed E-state index contributed by atoms with van der Waals surface area (Å²) in [6.45, 7) is 4.83. The monoisotopic (exact) mass is 297 g/mol. The molecule has 21 heavy (non-hydrogen) atoms. The van der Waals surface area contributed by atoms with E-state index in [0.717, 1.165) is 18.5 Å². The Hall–Kier alpha value is -1.67. The van der Waals surface area contributed by atoms with E-state index >= 15 is 0 Å². The summed E-state index contributed by atoms with van der Waals surface area (Å²) >= 11 is 0. The van der Waals surface area contributed by atoms with Crippen molar-refractivity contribution < 1.29 is 14.6 Å². The molecular formula is C13H23N5O3. The van der Waals surface area contributed by atoms with Gasteiger partial charge in [0.05, 0.1) is 25.5 Å². The van der Waals surface area contributed by atoms with Crippen LogP contribution in [0.25, 0.3) is 0 Å². The highest BCUT2D eigenvalue weighted by atomic mass is 16.6. The van der Waals surface area contributed by atoms with E-state index in [1.807, 2.05) is 13.1 Å². The van der Waals surface area contributed by atoms with Crippen LogP contribution in [0.2, 0.25) is 0 Å². The number of piperidine rings is 1. The van der Waals surface area contributed by atoms with Gasteiger partial charge in [0.2, 0.25) is 0 Å². The van der Waals surface area contributed by atoms with Gasteiger partial charge in [-0.15, -0.1) is 5.10 Å². The van der Waals surface area contributed by atoms with Crippen LogP contribution in [-0.2, 0) is 17.8 Å². The van der Waals surface area contributed by atoms with Crippen molar-refractivity contribution in [3.05, 3.63) is 11.9 Å². The number of aliphatic hydroxyl groups is 1. The van der Waals surface area contributed by atoms with E-state index < -0.39 is 0 Å². The minimum absolute atomic E-state index is 0.0581. The molecule has 0 aromatic carbocycles. The normalized spacial score (nSPS) is 16.2. The van der Waals surface area contributed by atoms with Gasteiger partial charge in [-0.05, 0) is 19.8 Å². The molecule has 2 N–H and O–H groups in total. The smallest absolute Gasteiger partial charge is 0.409 e. The molecule has 0 spiro atoms. The van der Waals surface area contributed by atoms with E-state index in [2.05, 4.69) is 15.6 Å². The zero-order chi connectivity index (χ0) is 15.1. The van der Waals surface area contributed by atoms with Crippen molar-refractivity contribution in [1.29, 1.82) is 0 Å². The molecular weight excluding hydrogens is 274 g/mol. The van der Waals surface area contributed by atoms with Gasteiger partial charge in [0.25, 0.3) is 0 Å². The van der Waals surface area contributed by atoms with Crippen molar-refractivity contribution in [2.24, 2.45) is 0 Å². The molecule has 1 fully saturated rings. The molecule has 1 saturated heterocycles. The average molecular weight is 297 g/mol. The zero-order valence-electron chi connectivity index (χ0n) is 12.4. The molecule has 0 radical (unpaired) electrons. The van der Waals surface area contributed by atoms with Crippen LogP contribution in [0.15, 0.2) is 6.20 Å². The third-order valence-electron chi connectivity index (χ3n) is 3.51. The third-order valence-corrected chi connectivity index (χ3v) is 3.51. The molecule has 0 atom stereocenters. The molecule has 2 rings (SSSR count). The number of hydrogen-bond donors (Lipinski definition) is 2. The molecule has 8 heteroatoms.